The maximum Gasteiger partial charge on any atom is 0.436 e. The van der Waals surface area contributed by atoms with Gasteiger partial charge in [-0.25, -0.2) is 0 Å². The summed E-state index contributed by atoms with van der Waals surface area (Å²) in [5, 5.41) is 8.60. The standard InChI is InChI=1S/C5H14O4P/c1-3-8-10(7,5-6)9-4-2/h6-7H,3-5H2,1-2H3/q+1. The Kier molecular flexibility index (Phi) is 5.13. The molecule has 0 bridgehead atoms. The predicted molar refractivity (Wildman–Crippen MR) is 39.5 cm³/mol. The first kappa shape index (κ1) is 10.3. The zero-order valence-electron chi connectivity index (χ0n) is 6.28. The average Bonchev–Trinajstić information content (AvgIpc) is 1.89. The van der Waals surface area contributed by atoms with E-state index < -0.39 is 14.3 Å². The number of aliphatic hydroxyl groups excluding tert-OH is 1. The summed E-state index contributed by atoms with van der Waals surface area (Å²) in [6, 6.07) is 0. The van der Waals surface area contributed by atoms with Crippen LogP contribution in [0.15, 0.2) is 0 Å². The Morgan fingerprint density at radius 2 is 1.60 bits per heavy atom. The van der Waals surface area contributed by atoms with Crippen molar-refractivity contribution in [2.24, 2.45) is 0 Å². The highest BCUT2D eigenvalue weighted by molar-refractivity contribution is 7.60. The fraction of sp³-hybridized carbons (Fsp3) is 1.00. The Bertz CT molecular complexity index is 81.7. The molecule has 0 saturated carbocycles. The van der Waals surface area contributed by atoms with Crippen molar-refractivity contribution >= 4 is 7.94 Å². The van der Waals surface area contributed by atoms with E-state index in [0.717, 1.165) is 0 Å². The second kappa shape index (κ2) is 4.99. The van der Waals surface area contributed by atoms with Gasteiger partial charge in [-0.2, -0.15) is 13.9 Å². The molecule has 0 heterocycles. The van der Waals surface area contributed by atoms with Crippen molar-refractivity contribution in [1.29, 1.82) is 0 Å². The SMILES string of the molecule is CCO[P+](O)(CO)OCC. The van der Waals surface area contributed by atoms with Gasteiger partial charge in [0, 0.05) is 0 Å². The molecule has 0 unspecified atom stereocenters. The Morgan fingerprint density at radius 3 is 1.80 bits per heavy atom. The molecule has 0 spiro atoms. The smallest absolute Gasteiger partial charge is 0.355 e. The number of hydrogen-bond acceptors (Lipinski definition) is 4. The van der Waals surface area contributed by atoms with Gasteiger partial charge >= 0.3 is 7.94 Å². The van der Waals surface area contributed by atoms with Gasteiger partial charge in [-0.15, -0.1) is 0 Å². The van der Waals surface area contributed by atoms with Gasteiger partial charge in [0.15, 0.2) is 0 Å². The number of rotatable bonds is 5. The van der Waals surface area contributed by atoms with Gasteiger partial charge in [0.2, 0.25) is 6.35 Å². The van der Waals surface area contributed by atoms with E-state index in [9.17, 15) is 4.89 Å². The van der Waals surface area contributed by atoms with E-state index in [1.54, 1.807) is 13.8 Å². The summed E-state index contributed by atoms with van der Waals surface area (Å²) in [5.74, 6) is 0. The number of aliphatic hydroxyl groups is 1. The summed E-state index contributed by atoms with van der Waals surface area (Å²) in [6.07, 6.45) is -0.436. The van der Waals surface area contributed by atoms with Crippen molar-refractivity contribution in [3.05, 3.63) is 0 Å². The monoisotopic (exact) mass is 169 g/mol. The van der Waals surface area contributed by atoms with E-state index in [-0.39, 0.29) is 0 Å². The largest absolute Gasteiger partial charge is 0.436 e. The molecule has 0 aromatic heterocycles. The summed E-state index contributed by atoms with van der Waals surface area (Å²) in [4.78, 5) is 9.24. The molecule has 62 valence electrons. The summed E-state index contributed by atoms with van der Waals surface area (Å²) in [7, 11) is -2.89. The first-order valence-corrected chi connectivity index (χ1v) is 4.95. The Labute approximate surface area is 61.4 Å². The van der Waals surface area contributed by atoms with Crippen molar-refractivity contribution in [2.45, 2.75) is 13.8 Å². The van der Waals surface area contributed by atoms with E-state index in [2.05, 4.69) is 0 Å². The highest BCUT2D eigenvalue weighted by Crippen LogP contribution is 2.55. The van der Waals surface area contributed by atoms with Gasteiger partial charge < -0.3 is 5.11 Å². The molecule has 0 aromatic carbocycles. The molecular weight excluding hydrogens is 155 g/mol. The lowest BCUT2D eigenvalue weighted by molar-refractivity contribution is 0.162. The van der Waals surface area contributed by atoms with Crippen LogP contribution >= 0.6 is 7.94 Å². The first-order valence-electron chi connectivity index (χ1n) is 3.19. The summed E-state index contributed by atoms with van der Waals surface area (Å²) >= 11 is 0. The molecule has 0 aliphatic carbocycles. The van der Waals surface area contributed by atoms with Gasteiger partial charge in [0.1, 0.15) is 0 Å². The van der Waals surface area contributed by atoms with E-state index in [1.165, 1.54) is 0 Å². The van der Waals surface area contributed by atoms with Gasteiger partial charge in [-0.3, -0.25) is 0 Å². The Morgan fingerprint density at radius 1 is 1.20 bits per heavy atom. The normalized spacial score (nSPS) is 12.0. The van der Waals surface area contributed by atoms with Crippen molar-refractivity contribution in [3.8, 4) is 0 Å². The van der Waals surface area contributed by atoms with Crippen LogP contribution in [-0.4, -0.2) is 29.6 Å². The van der Waals surface area contributed by atoms with Gasteiger partial charge in [0.25, 0.3) is 0 Å². The van der Waals surface area contributed by atoms with Crippen LogP contribution in [0, 0.1) is 0 Å². The molecule has 0 rings (SSSR count). The lowest BCUT2D eigenvalue weighted by Gasteiger charge is -2.11. The van der Waals surface area contributed by atoms with E-state index in [4.69, 9.17) is 14.2 Å². The first-order chi connectivity index (χ1) is 4.68. The number of hydrogen-bond donors (Lipinski definition) is 2. The molecule has 0 saturated heterocycles. The van der Waals surface area contributed by atoms with Gasteiger partial charge in [-0.05, 0) is 13.8 Å². The van der Waals surface area contributed by atoms with E-state index >= 15 is 0 Å². The molecule has 0 atom stereocenters. The van der Waals surface area contributed by atoms with Crippen molar-refractivity contribution in [3.63, 3.8) is 0 Å². The molecule has 5 heteroatoms. The molecule has 2 N–H and O–H groups in total. The molecule has 4 nitrogen and oxygen atoms in total. The molecule has 0 aromatic rings. The third-order valence-electron chi connectivity index (χ3n) is 0.840. The molecule has 10 heavy (non-hydrogen) atoms. The Balaban J connectivity index is 3.69. The van der Waals surface area contributed by atoms with Gasteiger partial charge in [0.05, 0.1) is 13.2 Å². The summed E-state index contributed by atoms with van der Waals surface area (Å²) < 4.78 is 9.63. The zero-order valence-corrected chi connectivity index (χ0v) is 7.17. The van der Waals surface area contributed by atoms with Crippen molar-refractivity contribution in [1.82, 2.24) is 0 Å². The van der Waals surface area contributed by atoms with Crippen LogP contribution in [0.25, 0.3) is 0 Å². The van der Waals surface area contributed by atoms with Crippen LogP contribution in [-0.2, 0) is 9.05 Å². The minimum Gasteiger partial charge on any atom is -0.355 e. The van der Waals surface area contributed by atoms with Crippen molar-refractivity contribution in [2.75, 3.05) is 19.6 Å². The molecule has 0 amide bonds. The highest BCUT2D eigenvalue weighted by atomic mass is 31.2. The summed E-state index contributed by atoms with van der Waals surface area (Å²) in [5.41, 5.74) is 0. The van der Waals surface area contributed by atoms with Crippen LogP contribution in [0.2, 0.25) is 0 Å². The topological polar surface area (TPSA) is 58.9 Å². The molecule has 0 radical (unpaired) electrons. The van der Waals surface area contributed by atoms with Gasteiger partial charge in [-0.1, -0.05) is 0 Å². The Hall–Kier alpha value is 0.270. The lowest BCUT2D eigenvalue weighted by Crippen LogP contribution is -2.05. The average molecular weight is 169 g/mol. The van der Waals surface area contributed by atoms with E-state index in [1.807, 2.05) is 0 Å². The fourth-order valence-corrected chi connectivity index (χ4v) is 1.57. The van der Waals surface area contributed by atoms with Crippen LogP contribution in [0.1, 0.15) is 13.8 Å². The molecular formula is C5H14O4P+. The fourth-order valence-electron chi connectivity index (χ4n) is 0.522. The molecule has 0 aliphatic rings. The predicted octanol–water partition coefficient (Wildman–Crippen LogP) is 0.764. The van der Waals surface area contributed by atoms with Crippen molar-refractivity contribution < 1.29 is 19.0 Å². The lowest BCUT2D eigenvalue weighted by atomic mass is 10.9. The second-order valence-corrected chi connectivity index (χ2v) is 3.69. The quantitative estimate of drug-likeness (QED) is 0.596. The van der Waals surface area contributed by atoms with E-state index in [0.29, 0.717) is 13.2 Å². The minimum absolute atomic E-state index is 0.352. The minimum atomic E-state index is -2.89. The molecule has 0 aliphatic heterocycles. The third-order valence-corrected chi connectivity index (χ3v) is 2.52. The van der Waals surface area contributed by atoms with Crippen LogP contribution in [0.4, 0.5) is 0 Å². The molecule has 0 fully saturated rings. The second-order valence-electron chi connectivity index (χ2n) is 1.61. The third kappa shape index (κ3) is 3.44. The van der Waals surface area contributed by atoms with Crippen LogP contribution in [0.5, 0.6) is 0 Å². The zero-order chi connectivity index (χ0) is 8.04. The highest BCUT2D eigenvalue weighted by Gasteiger charge is 2.38. The van der Waals surface area contributed by atoms with Crippen LogP contribution in [0.3, 0.4) is 0 Å². The summed E-state index contributed by atoms with van der Waals surface area (Å²) in [6.45, 7) is 4.18. The maximum atomic E-state index is 9.24. The van der Waals surface area contributed by atoms with Crippen LogP contribution < -0.4 is 0 Å². The maximum absolute atomic E-state index is 9.24.